The van der Waals surface area contributed by atoms with Crippen LogP contribution in [0.2, 0.25) is 5.02 Å². The summed E-state index contributed by atoms with van der Waals surface area (Å²) in [5, 5.41) is -1.57. The average molecular weight is 472 g/mol. The van der Waals surface area contributed by atoms with Crippen molar-refractivity contribution in [3.05, 3.63) is 58.1 Å². The zero-order valence-electron chi connectivity index (χ0n) is 15.5. The number of ether oxygens (including phenoxy) is 1. The van der Waals surface area contributed by atoms with Crippen LogP contribution >= 0.6 is 11.6 Å². The van der Waals surface area contributed by atoms with Crippen LogP contribution < -0.4 is 9.46 Å². The lowest BCUT2D eigenvalue weighted by Crippen LogP contribution is -2.37. The minimum absolute atomic E-state index is 0.174. The highest BCUT2D eigenvalue weighted by atomic mass is 35.5. The predicted octanol–water partition coefficient (Wildman–Crippen LogP) is 5.29. The van der Waals surface area contributed by atoms with Crippen molar-refractivity contribution in [3.8, 4) is 11.5 Å². The summed E-state index contributed by atoms with van der Waals surface area (Å²) < 4.78 is 97.7. The molecule has 12 heteroatoms. The number of carbonyl (C=O) groups excluding carboxylic acids is 1. The Morgan fingerprint density at radius 1 is 1.17 bits per heavy atom. The van der Waals surface area contributed by atoms with Gasteiger partial charge in [0.2, 0.25) is 10.0 Å². The van der Waals surface area contributed by atoms with Gasteiger partial charge in [0.05, 0.1) is 21.4 Å². The van der Waals surface area contributed by atoms with E-state index in [0.29, 0.717) is 18.2 Å². The number of benzene rings is 2. The maximum atomic E-state index is 14.3. The highest BCUT2D eigenvalue weighted by molar-refractivity contribution is 7.90. The van der Waals surface area contributed by atoms with Crippen LogP contribution in [0.1, 0.15) is 36.2 Å². The number of halogens is 6. The lowest BCUT2D eigenvalue weighted by molar-refractivity contribution is -0.137. The van der Waals surface area contributed by atoms with E-state index in [4.69, 9.17) is 16.3 Å². The summed E-state index contributed by atoms with van der Waals surface area (Å²) in [6, 6.07) is 3.18. The molecule has 0 aliphatic heterocycles. The Kier molecular flexibility index (Phi) is 6.97. The zero-order chi connectivity index (χ0) is 22.9. The smallest absolute Gasteiger partial charge is 0.417 e. The van der Waals surface area contributed by atoms with Crippen molar-refractivity contribution in [1.82, 2.24) is 4.72 Å². The zero-order valence-corrected chi connectivity index (χ0v) is 17.1. The number of nitrogens with one attached hydrogen (secondary N) is 1. The molecule has 0 fully saturated rings. The van der Waals surface area contributed by atoms with Gasteiger partial charge in [0, 0.05) is 6.07 Å². The lowest BCUT2D eigenvalue weighted by atomic mass is 10.1. The van der Waals surface area contributed by atoms with Gasteiger partial charge < -0.3 is 4.74 Å². The SMILES string of the molecule is CCC(C)S(=O)(=O)NC(=O)c1cc(F)c(Oc2ccc(Cl)c(C(F)(F)F)c2)cc1F. The molecule has 1 unspecified atom stereocenters. The molecule has 2 rings (SSSR count). The van der Waals surface area contributed by atoms with Gasteiger partial charge in [-0.2, -0.15) is 13.2 Å². The second kappa shape index (κ2) is 8.76. The normalized spacial score (nSPS) is 13.1. The van der Waals surface area contributed by atoms with Crippen LogP contribution in [0.3, 0.4) is 0 Å². The van der Waals surface area contributed by atoms with Crippen LogP contribution in [0.25, 0.3) is 0 Å². The summed E-state index contributed by atoms with van der Waals surface area (Å²) >= 11 is 5.48. The highest BCUT2D eigenvalue weighted by Gasteiger charge is 2.34. The fraction of sp³-hybridized carbons (Fsp3) is 0.278. The van der Waals surface area contributed by atoms with E-state index in [0.717, 1.165) is 12.1 Å². The van der Waals surface area contributed by atoms with Crippen molar-refractivity contribution < 1.29 is 39.9 Å². The number of sulfonamides is 1. The molecule has 0 spiro atoms. The molecular weight excluding hydrogens is 457 g/mol. The second-order valence-electron chi connectivity index (χ2n) is 6.20. The second-order valence-corrected chi connectivity index (χ2v) is 8.71. The minimum Gasteiger partial charge on any atom is -0.454 e. The number of carbonyl (C=O) groups is 1. The summed E-state index contributed by atoms with van der Waals surface area (Å²) in [4.78, 5) is 12.0. The molecule has 5 nitrogen and oxygen atoms in total. The molecule has 164 valence electrons. The third kappa shape index (κ3) is 5.39. The molecule has 2 aromatic carbocycles. The number of hydrogen-bond acceptors (Lipinski definition) is 4. The third-order valence-electron chi connectivity index (χ3n) is 4.08. The van der Waals surface area contributed by atoms with Gasteiger partial charge in [-0.05, 0) is 37.6 Å². The van der Waals surface area contributed by atoms with Crippen molar-refractivity contribution in [1.29, 1.82) is 0 Å². The molecule has 0 bridgehead atoms. The summed E-state index contributed by atoms with van der Waals surface area (Å²) in [7, 11) is -4.11. The van der Waals surface area contributed by atoms with Crippen LogP contribution in [0.15, 0.2) is 30.3 Å². The molecule has 30 heavy (non-hydrogen) atoms. The van der Waals surface area contributed by atoms with Gasteiger partial charge in [0.1, 0.15) is 11.6 Å². The van der Waals surface area contributed by atoms with E-state index >= 15 is 0 Å². The van der Waals surface area contributed by atoms with Crippen molar-refractivity contribution in [2.45, 2.75) is 31.7 Å². The van der Waals surface area contributed by atoms with Crippen LogP contribution in [-0.4, -0.2) is 19.6 Å². The quantitative estimate of drug-likeness (QED) is 0.581. The van der Waals surface area contributed by atoms with E-state index in [1.54, 1.807) is 11.6 Å². The van der Waals surface area contributed by atoms with Gasteiger partial charge in [0.25, 0.3) is 5.91 Å². The fourth-order valence-electron chi connectivity index (χ4n) is 2.20. The molecule has 1 atom stereocenters. The first-order chi connectivity index (χ1) is 13.8. The van der Waals surface area contributed by atoms with E-state index in [1.165, 1.54) is 6.92 Å². The van der Waals surface area contributed by atoms with Gasteiger partial charge in [-0.15, -0.1) is 0 Å². The number of hydrogen-bond donors (Lipinski definition) is 1. The van der Waals surface area contributed by atoms with Gasteiger partial charge >= 0.3 is 6.18 Å². The van der Waals surface area contributed by atoms with Gasteiger partial charge in [-0.25, -0.2) is 21.9 Å². The number of alkyl halides is 3. The predicted molar refractivity (Wildman–Crippen MR) is 99.0 cm³/mol. The summed E-state index contributed by atoms with van der Waals surface area (Å²) in [5.74, 6) is -5.34. The number of amides is 1. The van der Waals surface area contributed by atoms with E-state index in [9.17, 15) is 35.2 Å². The van der Waals surface area contributed by atoms with E-state index in [2.05, 4.69) is 0 Å². The molecule has 0 aliphatic carbocycles. The molecule has 2 aromatic rings. The monoisotopic (exact) mass is 471 g/mol. The van der Waals surface area contributed by atoms with Crippen molar-refractivity contribution >= 4 is 27.5 Å². The summed E-state index contributed by atoms with van der Waals surface area (Å²) in [5.41, 5.74) is -2.16. The topological polar surface area (TPSA) is 72.5 Å². The van der Waals surface area contributed by atoms with Crippen LogP contribution in [-0.2, 0) is 16.2 Å². The largest absolute Gasteiger partial charge is 0.454 e. The molecule has 1 N–H and O–H groups in total. The van der Waals surface area contributed by atoms with Crippen LogP contribution in [0, 0.1) is 11.6 Å². The van der Waals surface area contributed by atoms with Gasteiger partial charge in [0.15, 0.2) is 11.6 Å². The molecule has 0 aliphatic rings. The first kappa shape index (κ1) is 23.9. The molecule has 0 radical (unpaired) electrons. The maximum absolute atomic E-state index is 14.3. The molecule has 0 saturated heterocycles. The lowest BCUT2D eigenvalue weighted by Gasteiger charge is -2.14. The third-order valence-corrected chi connectivity index (χ3v) is 6.27. The first-order valence-electron chi connectivity index (χ1n) is 8.35. The van der Waals surface area contributed by atoms with Crippen LogP contribution in [0.5, 0.6) is 11.5 Å². The molecular formula is C18H15ClF5NO4S. The summed E-state index contributed by atoms with van der Waals surface area (Å²) in [6.45, 7) is 2.88. The van der Waals surface area contributed by atoms with Crippen LogP contribution in [0.4, 0.5) is 22.0 Å². The minimum atomic E-state index is -4.80. The van der Waals surface area contributed by atoms with Crippen molar-refractivity contribution in [3.63, 3.8) is 0 Å². The number of rotatable bonds is 6. The average Bonchev–Trinajstić information content (AvgIpc) is 2.63. The molecule has 0 aromatic heterocycles. The van der Waals surface area contributed by atoms with E-state index in [1.807, 2.05) is 0 Å². The first-order valence-corrected chi connectivity index (χ1v) is 10.3. The Labute approximate surface area is 173 Å². The van der Waals surface area contributed by atoms with Crippen molar-refractivity contribution in [2.75, 3.05) is 0 Å². The van der Waals surface area contributed by atoms with Gasteiger partial charge in [-0.3, -0.25) is 4.79 Å². The molecule has 0 saturated carbocycles. The molecule has 1 amide bonds. The highest BCUT2D eigenvalue weighted by Crippen LogP contribution is 2.38. The Hall–Kier alpha value is -2.40. The Morgan fingerprint density at radius 2 is 1.80 bits per heavy atom. The Balaban J connectivity index is 2.33. The fourth-order valence-corrected chi connectivity index (χ4v) is 3.43. The maximum Gasteiger partial charge on any atom is 0.417 e. The van der Waals surface area contributed by atoms with Crippen molar-refractivity contribution in [2.24, 2.45) is 0 Å². The van der Waals surface area contributed by atoms with E-state index < -0.39 is 66.6 Å². The van der Waals surface area contributed by atoms with Gasteiger partial charge in [-0.1, -0.05) is 18.5 Å². The van der Waals surface area contributed by atoms with E-state index in [-0.39, 0.29) is 6.42 Å². The Bertz CT molecular complexity index is 1070. The standard InChI is InChI=1S/C18H15ClF5NO4S/c1-3-9(2)30(27,28)25-17(26)11-7-15(21)16(8-14(11)20)29-10-4-5-13(19)12(6-10)18(22,23)24/h4-9H,3H2,1-2H3,(H,25,26). The Morgan fingerprint density at radius 3 is 2.37 bits per heavy atom. The molecule has 0 heterocycles. The summed E-state index contributed by atoms with van der Waals surface area (Å²) in [6.07, 6.45) is -4.63.